The highest BCUT2D eigenvalue weighted by molar-refractivity contribution is 6.70. The largest absolute Gasteiger partial charge is 0.269 e. The van der Waals surface area contributed by atoms with Gasteiger partial charge in [0.15, 0.2) is 0 Å². The third-order valence-electron chi connectivity index (χ3n) is 1.53. The molecule has 0 aliphatic carbocycles. The topological polar surface area (TPSA) is 0 Å². The molecule has 3 heteroatoms. The van der Waals surface area contributed by atoms with Gasteiger partial charge >= 0.3 is 0 Å². The van der Waals surface area contributed by atoms with Crippen molar-refractivity contribution in [2.24, 2.45) is 0 Å². The van der Waals surface area contributed by atoms with Crippen molar-refractivity contribution < 1.29 is 9.09 Å². The zero-order valence-corrected chi connectivity index (χ0v) is 7.83. The normalized spacial score (nSPS) is 9.45. The smallest absolute Gasteiger partial charge is 0.122 e. The van der Waals surface area contributed by atoms with Crippen molar-refractivity contribution >= 4 is 14.0 Å². The highest BCUT2D eigenvalue weighted by atomic mass is 28.3. The minimum atomic E-state index is -0.943. The van der Waals surface area contributed by atoms with Crippen molar-refractivity contribution in [2.45, 2.75) is 13.1 Å². The maximum absolute atomic E-state index is 12.9. The van der Waals surface area contributed by atoms with Crippen molar-refractivity contribution in [2.75, 3.05) is 0 Å². The molecule has 0 radical (unpaired) electrons. The van der Waals surface area contributed by atoms with E-state index < -0.39 is 8.80 Å². The number of hydrogen-bond donors (Lipinski definition) is 0. The van der Waals surface area contributed by atoms with Gasteiger partial charge in [-0.3, -0.25) is 4.70 Å². The Balaban J connectivity index is 0.000001000. The number of hydrogen-bond acceptors (Lipinski definition) is 0. The summed E-state index contributed by atoms with van der Waals surface area (Å²) in [5.41, 5.74) is 0. The van der Waals surface area contributed by atoms with Crippen LogP contribution in [0, 0.1) is 5.82 Å². The Morgan fingerprint density at radius 1 is 1.18 bits per heavy atom. The quantitative estimate of drug-likeness (QED) is 0.568. The van der Waals surface area contributed by atoms with E-state index >= 15 is 0 Å². The minimum absolute atomic E-state index is 0. The lowest BCUT2D eigenvalue weighted by molar-refractivity contribution is 0.635. The van der Waals surface area contributed by atoms with E-state index in [1.165, 1.54) is 6.07 Å². The van der Waals surface area contributed by atoms with Gasteiger partial charge in [-0.05, 0) is 11.3 Å². The molecule has 0 unspecified atom stereocenters. The molecule has 0 nitrogen and oxygen atoms in total. The molecule has 0 saturated carbocycles. The third-order valence-corrected chi connectivity index (χ3v) is 3.24. The average molecular weight is 174 g/mol. The Morgan fingerprint density at radius 3 is 2.09 bits per heavy atom. The molecule has 0 atom stereocenters. The Kier molecular flexibility index (Phi) is 3.96. The molecule has 1 aromatic carbocycles. The molecule has 0 aliphatic rings. The number of halogens is 2. The molecule has 0 fully saturated rings. The predicted octanol–water partition coefficient (Wildman–Crippen LogP) is 1.67. The lowest BCUT2D eigenvalue weighted by atomic mass is 10.3. The lowest BCUT2D eigenvalue weighted by Gasteiger charge is -2.03. The fraction of sp³-hybridized carbons (Fsp3) is 0.250. The van der Waals surface area contributed by atoms with E-state index in [1.807, 2.05) is 12.1 Å². The first-order valence-electron chi connectivity index (χ1n) is 3.46. The van der Waals surface area contributed by atoms with Gasteiger partial charge < -0.3 is 0 Å². The fourth-order valence-corrected chi connectivity index (χ4v) is 2.09. The van der Waals surface area contributed by atoms with Crippen LogP contribution in [0.5, 0.6) is 0 Å². The third kappa shape index (κ3) is 2.42. The molecule has 0 saturated heterocycles. The monoisotopic (exact) mass is 174 g/mol. The second-order valence-electron chi connectivity index (χ2n) is 2.68. The lowest BCUT2D eigenvalue weighted by Crippen LogP contribution is -2.25. The number of rotatable bonds is 1. The minimum Gasteiger partial charge on any atom is -0.269 e. The molecular weight excluding hydrogens is 162 g/mol. The maximum atomic E-state index is 12.9. The van der Waals surface area contributed by atoms with E-state index in [0.717, 1.165) is 5.19 Å². The van der Waals surface area contributed by atoms with Crippen LogP contribution in [-0.4, -0.2) is 8.80 Å². The van der Waals surface area contributed by atoms with Crippen molar-refractivity contribution in [1.82, 2.24) is 0 Å². The SMILES string of the molecule is C[SiH](C)c1ccccc1F.F. The van der Waals surface area contributed by atoms with Crippen molar-refractivity contribution in [3.8, 4) is 0 Å². The van der Waals surface area contributed by atoms with Gasteiger partial charge in [-0.25, -0.2) is 4.39 Å². The summed E-state index contributed by atoms with van der Waals surface area (Å²) in [6.45, 7) is 4.25. The Morgan fingerprint density at radius 2 is 1.73 bits per heavy atom. The number of benzene rings is 1. The van der Waals surface area contributed by atoms with Crippen molar-refractivity contribution in [3.63, 3.8) is 0 Å². The van der Waals surface area contributed by atoms with Crippen LogP contribution in [0.2, 0.25) is 13.1 Å². The van der Waals surface area contributed by atoms with Crippen LogP contribution in [0.15, 0.2) is 24.3 Å². The van der Waals surface area contributed by atoms with E-state index in [0.29, 0.717) is 0 Å². The summed E-state index contributed by atoms with van der Waals surface area (Å²) in [6, 6.07) is 7.04. The molecule has 0 amide bonds. The summed E-state index contributed by atoms with van der Waals surface area (Å²) in [6.07, 6.45) is 0. The molecule has 0 aliphatic heterocycles. The van der Waals surface area contributed by atoms with Gasteiger partial charge in [0.05, 0.1) is 8.80 Å². The zero-order chi connectivity index (χ0) is 7.56. The molecule has 1 aromatic rings. The van der Waals surface area contributed by atoms with Gasteiger partial charge in [-0.15, -0.1) is 0 Å². The Labute approximate surface area is 67.0 Å². The molecule has 62 valence electrons. The molecule has 11 heavy (non-hydrogen) atoms. The summed E-state index contributed by atoms with van der Waals surface area (Å²) in [5.74, 6) is -0.0378. The average Bonchev–Trinajstić information content (AvgIpc) is 1.88. The standard InChI is InChI=1S/C8H11FSi.FH/c1-10(2)8-6-4-3-5-7(8)9;/h3-6,10H,1-2H3;1H. The zero-order valence-electron chi connectivity index (χ0n) is 6.67. The molecule has 0 spiro atoms. The Hall–Kier alpha value is -0.703. The van der Waals surface area contributed by atoms with Gasteiger partial charge in [0.1, 0.15) is 5.82 Å². The second kappa shape index (κ2) is 4.23. The van der Waals surface area contributed by atoms with Crippen LogP contribution in [0.4, 0.5) is 9.09 Å². The first kappa shape index (κ1) is 10.3. The van der Waals surface area contributed by atoms with Crippen LogP contribution in [-0.2, 0) is 0 Å². The van der Waals surface area contributed by atoms with Crippen LogP contribution >= 0.6 is 0 Å². The highest BCUT2D eigenvalue weighted by Crippen LogP contribution is 1.94. The van der Waals surface area contributed by atoms with Crippen LogP contribution < -0.4 is 5.19 Å². The van der Waals surface area contributed by atoms with E-state index in [4.69, 9.17) is 0 Å². The molecule has 0 heterocycles. The fourth-order valence-electron chi connectivity index (χ4n) is 0.943. The highest BCUT2D eigenvalue weighted by Gasteiger charge is 2.04. The van der Waals surface area contributed by atoms with Crippen molar-refractivity contribution in [1.29, 1.82) is 0 Å². The van der Waals surface area contributed by atoms with E-state index in [1.54, 1.807) is 6.07 Å². The summed E-state index contributed by atoms with van der Waals surface area (Å²) < 4.78 is 12.9. The summed E-state index contributed by atoms with van der Waals surface area (Å²) in [4.78, 5) is 0. The van der Waals surface area contributed by atoms with E-state index in [2.05, 4.69) is 13.1 Å². The molecular formula is C8H12F2Si. The molecule has 0 N–H and O–H groups in total. The second-order valence-corrected chi connectivity index (χ2v) is 5.61. The Bertz CT molecular complexity index is 223. The van der Waals surface area contributed by atoms with Crippen LogP contribution in [0.3, 0.4) is 0 Å². The molecule has 0 bridgehead atoms. The summed E-state index contributed by atoms with van der Waals surface area (Å²) in [7, 11) is -0.943. The predicted molar refractivity (Wildman–Crippen MR) is 47.4 cm³/mol. The maximum Gasteiger partial charge on any atom is 0.122 e. The summed E-state index contributed by atoms with van der Waals surface area (Å²) >= 11 is 0. The van der Waals surface area contributed by atoms with Crippen LogP contribution in [0.1, 0.15) is 0 Å². The molecule has 1 rings (SSSR count). The van der Waals surface area contributed by atoms with Gasteiger partial charge in [0.25, 0.3) is 0 Å². The van der Waals surface area contributed by atoms with Gasteiger partial charge in [-0.1, -0.05) is 31.3 Å². The summed E-state index contributed by atoms with van der Waals surface area (Å²) in [5, 5.41) is 0.933. The van der Waals surface area contributed by atoms with Crippen molar-refractivity contribution in [3.05, 3.63) is 30.1 Å². The first-order valence-corrected chi connectivity index (χ1v) is 6.35. The van der Waals surface area contributed by atoms with Gasteiger partial charge in [-0.2, -0.15) is 0 Å². The van der Waals surface area contributed by atoms with Gasteiger partial charge in [0.2, 0.25) is 0 Å². The first-order chi connectivity index (χ1) is 4.72. The van der Waals surface area contributed by atoms with E-state index in [-0.39, 0.29) is 10.5 Å². The molecule has 0 aromatic heterocycles. The van der Waals surface area contributed by atoms with E-state index in [9.17, 15) is 4.39 Å². The van der Waals surface area contributed by atoms with Crippen LogP contribution in [0.25, 0.3) is 0 Å². The van der Waals surface area contributed by atoms with Gasteiger partial charge in [0, 0.05) is 0 Å².